The normalized spacial score (nSPS) is 21.8. The zero-order valence-corrected chi connectivity index (χ0v) is 12.4. The number of aliphatic carboxylic acids is 1. The number of carbonyl (C=O) groups is 1. The van der Waals surface area contributed by atoms with Gasteiger partial charge in [0.25, 0.3) is 0 Å². The number of hydrogen-bond donors (Lipinski definition) is 1. The van der Waals surface area contributed by atoms with Crippen molar-refractivity contribution in [1.29, 1.82) is 0 Å². The highest BCUT2D eigenvalue weighted by atomic mass is 32.2. The Labute approximate surface area is 109 Å². The minimum atomic E-state index is -3.28. The van der Waals surface area contributed by atoms with Crippen molar-refractivity contribution in [3.05, 3.63) is 0 Å². The van der Waals surface area contributed by atoms with Crippen molar-refractivity contribution in [2.45, 2.75) is 40.5 Å². The molecule has 0 amide bonds. The van der Waals surface area contributed by atoms with Gasteiger partial charge in [-0.15, -0.1) is 0 Å². The molecule has 0 unspecified atom stereocenters. The summed E-state index contributed by atoms with van der Waals surface area (Å²) in [5.41, 5.74) is -1.07. The Morgan fingerprint density at radius 1 is 1.28 bits per heavy atom. The first-order chi connectivity index (χ1) is 7.96. The maximum atomic E-state index is 12.2. The van der Waals surface area contributed by atoms with Crippen LogP contribution in [-0.4, -0.2) is 42.6 Å². The fourth-order valence-electron chi connectivity index (χ4n) is 2.11. The van der Waals surface area contributed by atoms with E-state index in [0.29, 0.717) is 25.9 Å². The van der Waals surface area contributed by atoms with Gasteiger partial charge in [-0.1, -0.05) is 20.8 Å². The largest absolute Gasteiger partial charge is 0.481 e. The SMILES string of the molecule is CC(C)(C)CS(=O)(=O)N1CCC(C)(C(=O)O)CC1. The van der Waals surface area contributed by atoms with E-state index in [1.54, 1.807) is 6.92 Å². The zero-order chi connectivity index (χ0) is 14.2. The lowest BCUT2D eigenvalue weighted by Crippen LogP contribution is -2.46. The van der Waals surface area contributed by atoms with Gasteiger partial charge in [0.15, 0.2) is 0 Å². The summed E-state index contributed by atoms with van der Waals surface area (Å²) in [4.78, 5) is 11.1. The predicted octanol–water partition coefficient (Wildman–Crippen LogP) is 1.55. The van der Waals surface area contributed by atoms with Crippen LogP contribution in [0.3, 0.4) is 0 Å². The fraction of sp³-hybridized carbons (Fsp3) is 0.917. The number of hydrogen-bond acceptors (Lipinski definition) is 3. The number of nitrogens with zero attached hydrogens (tertiary/aromatic N) is 1. The van der Waals surface area contributed by atoms with Gasteiger partial charge < -0.3 is 5.11 Å². The summed E-state index contributed by atoms with van der Waals surface area (Å²) >= 11 is 0. The second kappa shape index (κ2) is 4.81. The summed E-state index contributed by atoms with van der Waals surface area (Å²) in [5, 5.41) is 9.11. The smallest absolute Gasteiger partial charge is 0.309 e. The van der Waals surface area contributed by atoms with Gasteiger partial charge in [0.1, 0.15) is 0 Å². The van der Waals surface area contributed by atoms with Crippen molar-refractivity contribution >= 4 is 16.0 Å². The molecule has 1 aliphatic rings. The van der Waals surface area contributed by atoms with Crippen LogP contribution in [0.25, 0.3) is 0 Å². The Morgan fingerprint density at radius 2 is 1.72 bits per heavy atom. The van der Waals surface area contributed by atoms with E-state index in [4.69, 9.17) is 5.11 Å². The number of carboxylic acids is 1. The second-order valence-corrected chi connectivity index (χ2v) is 8.55. The van der Waals surface area contributed by atoms with Crippen molar-refractivity contribution in [2.75, 3.05) is 18.8 Å². The summed E-state index contributed by atoms with van der Waals surface area (Å²) < 4.78 is 25.8. The van der Waals surface area contributed by atoms with E-state index in [0.717, 1.165) is 0 Å². The predicted molar refractivity (Wildman–Crippen MR) is 69.8 cm³/mol. The molecule has 18 heavy (non-hydrogen) atoms. The van der Waals surface area contributed by atoms with Crippen LogP contribution >= 0.6 is 0 Å². The van der Waals surface area contributed by atoms with Gasteiger partial charge in [0, 0.05) is 13.1 Å². The number of sulfonamides is 1. The molecule has 0 aromatic carbocycles. The molecule has 1 heterocycles. The third kappa shape index (κ3) is 3.68. The van der Waals surface area contributed by atoms with E-state index in [2.05, 4.69) is 0 Å². The Kier molecular flexibility index (Phi) is 4.13. The van der Waals surface area contributed by atoms with Crippen LogP contribution in [0.5, 0.6) is 0 Å². The molecular weight excluding hydrogens is 254 g/mol. The van der Waals surface area contributed by atoms with Crippen molar-refractivity contribution in [3.63, 3.8) is 0 Å². The third-order valence-corrected chi connectivity index (χ3v) is 5.73. The van der Waals surface area contributed by atoms with Gasteiger partial charge in [-0.2, -0.15) is 0 Å². The van der Waals surface area contributed by atoms with Crippen LogP contribution in [0.4, 0.5) is 0 Å². The van der Waals surface area contributed by atoms with Crippen LogP contribution in [0.1, 0.15) is 40.5 Å². The summed E-state index contributed by atoms with van der Waals surface area (Å²) in [6.07, 6.45) is 0.761. The molecule has 0 spiro atoms. The topological polar surface area (TPSA) is 74.7 Å². The molecule has 1 aliphatic heterocycles. The van der Waals surface area contributed by atoms with Gasteiger partial charge in [0.05, 0.1) is 11.2 Å². The van der Waals surface area contributed by atoms with Crippen LogP contribution < -0.4 is 0 Å². The maximum absolute atomic E-state index is 12.2. The molecule has 5 nitrogen and oxygen atoms in total. The second-order valence-electron chi connectivity index (χ2n) is 6.58. The highest BCUT2D eigenvalue weighted by Gasteiger charge is 2.40. The van der Waals surface area contributed by atoms with E-state index in [9.17, 15) is 13.2 Å². The van der Waals surface area contributed by atoms with Crippen LogP contribution in [-0.2, 0) is 14.8 Å². The molecule has 0 radical (unpaired) electrons. The first-order valence-corrected chi connectivity index (χ1v) is 7.78. The number of piperidine rings is 1. The molecule has 0 aromatic rings. The molecular formula is C12H23NO4S. The molecule has 6 heteroatoms. The molecule has 0 bridgehead atoms. The average Bonchev–Trinajstić information content (AvgIpc) is 2.14. The first kappa shape index (κ1) is 15.4. The Hall–Kier alpha value is -0.620. The lowest BCUT2D eigenvalue weighted by molar-refractivity contribution is -0.150. The molecule has 1 N–H and O–H groups in total. The number of carboxylic acid groups (broad SMARTS) is 1. The highest BCUT2D eigenvalue weighted by Crippen LogP contribution is 2.33. The summed E-state index contributed by atoms with van der Waals surface area (Å²) in [6.45, 7) is 7.95. The van der Waals surface area contributed by atoms with Crippen LogP contribution in [0.15, 0.2) is 0 Å². The molecule has 0 saturated carbocycles. The molecule has 1 saturated heterocycles. The van der Waals surface area contributed by atoms with Crippen LogP contribution in [0, 0.1) is 10.8 Å². The third-order valence-electron chi connectivity index (χ3n) is 3.35. The minimum Gasteiger partial charge on any atom is -0.481 e. The fourth-order valence-corrected chi connectivity index (χ4v) is 4.13. The lowest BCUT2D eigenvalue weighted by atomic mass is 9.81. The maximum Gasteiger partial charge on any atom is 0.309 e. The first-order valence-electron chi connectivity index (χ1n) is 6.18. The number of rotatable bonds is 3. The van der Waals surface area contributed by atoms with Gasteiger partial charge >= 0.3 is 5.97 Å². The van der Waals surface area contributed by atoms with E-state index >= 15 is 0 Å². The van der Waals surface area contributed by atoms with Gasteiger partial charge in [0.2, 0.25) is 10.0 Å². The highest BCUT2D eigenvalue weighted by molar-refractivity contribution is 7.89. The molecule has 106 valence electrons. The molecule has 0 atom stereocenters. The summed E-state index contributed by atoms with van der Waals surface area (Å²) in [6, 6.07) is 0. The summed E-state index contributed by atoms with van der Waals surface area (Å²) in [7, 11) is -3.28. The summed E-state index contributed by atoms with van der Waals surface area (Å²) in [5.74, 6) is -0.737. The van der Waals surface area contributed by atoms with Gasteiger partial charge in [-0.3, -0.25) is 4.79 Å². The standard InChI is InChI=1S/C12H23NO4S/c1-11(2,3)9-18(16,17)13-7-5-12(4,6-8-13)10(14)15/h5-9H2,1-4H3,(H,14,15). The van der Waals surface area contributed by atoms with Gasteiger partial charge in [-0.05, 0) is 25.2 Å². The average molecular weight is 277 g/mol. The van der Waals surface area contributed by atoms with Crippen molar-refractivity contribution in [3.8, 4) is 0 Å². The van der Waals surface area contributed by atoms with E-state index in [1.165, 1.54) is 4.31 Å². The quantitative estimate of drug-likeness (QED) is 0.849. The molecule has 1 fully saturated rings. The molecule has 0 aromatic heterocycles. The van der Waals surface area contributed by atoms with Crippen molar-refractivity contribution in [2.24, 2.45) is 10.8 Å². The molecule has 0 aliphatic carbocycles. The Balaban J connectivity index is 2.72. The monoisotopic (exact) mass is 277 g/mol. The lowest BCUT2D eigenvalue weighted by Gasteiger charge is -2.36. The van der Waals surface area contributed by atoms with Crippen molar-refractivity contribution in [1.82, 2.24) is 4.31 Å². The van der Waals surface area contributed by atoms with Crippen LogP contribution in [0.2, 0.25) is 0 Å². The van der Waals surface area contributed by atoms with E-state index in [1.807, 2.05) is 20.8 Å². The Bertz CT molecular complexity index is 414. The minimum absolute atomic E-state index is 0.101. The van der Waals surface area contributed by atoms with Crippen molar-refractivity contribution < 1.29 is 18.3 Å². The zero-order valence-electron chi connectivity index (χ0n) is 11.6. The van der Waals surface area contributed by atoms with E-state index in [-0.39, 0.29) is 11.2 Å². The van der Waals surface area contributed by atoms with E-state index < -0.39 is 21.4 Å². The Morgan fingerprint density at radius 3 is 2.06 bits per heavy atom. The molecule has 1 rings (SSSR count). The van der Waals surface area contributed by atoms with Gasteiger partial charge in [-0.25, -0.2) is 12.7 Å².